The molecule has 0 heterocycles. The maximum absolute atomic E-state index is 12.9. The van der Waals surface area contributed by atoms with Crippen molar-refractivity contribution in [3.05, 3.63) is 76.9 Å². The van der Waals surface area contributed by atoms with Crippen molar-refractivity contribution in [2.24, 2.45) is 5.90 Å². The summed E-state index contributed by atoms with van der Waals surface area (Å²) in [5.41, 5.74) is 0.452. The van der Waals surface area contributed by atoms with Crippen molar-refractivity contribution in [2.45, 2.75) is 25.7 Å². The molecule has 0 spiro atoms. The first kappa shape index (κ1) is 19.7. The number of carbonyl (C=O) groups is 1. The van der Waals surface area contributed by atoms with E-state index in [1.54, 1.807) is 6.92 Å². The summed E-state index contributed by atoms with van der Waals surface area (Å²) in [5.74, 6) is 4.70. The predicted octanol–water partition coefficient (Wildman–Crippen LogP) is 3.68. The molecule has 0 aliphatic heterocycles. The standard InChI is InChI=1S/C19H19F3N2O2/c1-13(26-23)17(18(25)24-12-14-6-3-2-4-7-14)11-15-8-5-9-16(10-15)19(20,21)22/h2-11,13H,12,23H2,1H3,(H,24,25). The van der Waals surface area contributed by atoms with Gasteiger partial charge in [0.25, 0.3) is 0 Å². The second-order valence-corrected chi connectivity index (χ2v) is 5.67. The van der Waals surface area contributed by atoms with Crippen LogP contribution in [0.5, 0.6) is 0 Å². The van der Waals surface area contributed by atoms with E-state index >= 15 is 0 Å². The summed E-state index contributed by atoms with van der Waals surface area (Å²) in [4.78, 5) is 17.2. The Morgan fingerprint density at radius 3 is 2.50 bits per heavy atom. The van der Waals surface area contributed by atoms with Crippen molar-refractivity contribution in [1.82, 2.24) is 5.32 Å². The molecule has 0 fully saturated rings. The largest absolute Gasteiger partial charge is 0.416 e. The van der Waals surface area contributed by atoms with Gasteiger partial charge >= 0.3 is 6.18 Å². The average Bonchev–Trinajstić information content (AvgIpc) is 2.64. The highest BCUT2D eigenvalue weighted by molar-refractivity contribution is 5.98. The average molecular weight is 364 g/mol. The summed E-state index contributed by atoms with van der Waals surface area (Å²) in [6.07, 6.45) is -3.91. The summed E-state index contributed by atoms with van der Waals surface area (Å²) in [7, 11) is 0. The fraction of sp³-hybridized carbons (Fsp3) is 0.211. The lowest BCUT2D eigenvalue weighted by Gasteiger charge is -2.15. The molecule has 26 heavy (non-hydrogen) atoms. The highest BCUT2D eigenvalue weighted by Gasteiger charge is 2.30. The third-order valence-corrected chi connectivity index (χ3v) is 3.74. The van der Waals surface area contributed by atoms with Crippen LogP contribution in [0.25, 0.3) is 6.08 Å². The zero-order valence-electron chi connectivity index (χ0n) is 14.1. The van der Waals surface area contributed by atoms with E-state index in [0.717, 1.165) is 17.7 Å². The number of alkyl halides is 3. The van der Waals surface area contributed by atoms with Crippen molar-refractivity contribution in [2.75, 3.05) is 0 Å². The number of hydrogen-bond acceptors (Lipinski definition) is 3. The quantitative estimate of drug-likeness (QED) is 0.607. The lowest BCUT2D eigenvalue weighted by Crippen LogP contribution is -2.31. The van der Waals surface area contributed by atoms with Crippen molar-refractivity contribution >= 4 is 12.0 Å². The number of nitrogens with two attached hydrogens (primary N) is 1. The zero-order valence-corrected chi connectivity index (χ0v) is 14.1. The van der Waals surface area contributed by atoms with Gasteiger partial charge in [0.05, 0.1) is 5.56 Å². The van der Waals surface area contributed by atoms with Crippen molar-refractivity contribution in [3.8, 4) is 0 Å². The zero-order chi connectivity index (χ0) is 19.2. The van der Waals surface area contributed by atoms with E-state index in [-0.39, 0.29) is 17.7 Å². The topological polar surface area (TPSA) is 64.3 Å². The molecular weight excluding hydrogens is 345 g/mol. The third kappa shape index (κ3) is 5.44. The number of halogens is 3. The fourth-order valence-corrected chi connectivity index (χ4v) is 2.31. The number of nitrogens with one attached hydrogen (secondary N) is 1. The smallest absolute Gasteiger partial charge is 0.348 e. The molecular formula is C19H19F3N2O2. The molecule has 0 bridgehead atoms. The van der Waals surface area contributed by atoms with E-state index in [1.807, 2.05) is 30.3 Å². The first-order valence-electron chi connectivity index (χ1n) is 7.88. The molecule has 2 rings (SSSR count). The summed E-state index contributed by atoms with van der Waals surface area (Å²) >= 11 is 0. The minimum atomic E-state index is -4.46. The molecule has 4 nitrogen and oxygen atoms in total. The van der Waals surface area contributed by atoms with Crippen LogP contribution in [-0.4, -0.2) is 12.0 Å². The Hall–Kier alpha value is -2.64. The molecule has 3 N–H and O–H groups in total. The predicted molar refractivity (Wildman–Crippen MR) is 92.4 cm³/mol. The van der Waals surface area contributed by atoms with Gasteiger partial charge in [-0.2, -0.15) is 13.2 Å². The van der Waals surface area contributed by atoms with E-state index < -0.39 is 23.8 Å². The van der Waals surface area contributed by atoms with Crippen molar-refractivity contribution < 1.29 is 22.8 Å². The molecule has 2 aromatic rings. The number of rotatable bonds is 6. The van der Waals surface area contributed by atoms with E-state index in [1.165, 1.54) is 18.2 Å². The van der Waals surface area contributed by atoms with Gasteiger partial charge in [-0.1, -0.05) is 42.5 Å². The van der Waals surface area contributed by atoms with Gasteiger partial charge in [0.2, 0.25) is 5.91 Å². The van der Waals surface area contributed by atoms with Gasteiger partial charge in [0, 0.05) is 12.1 Å². The van der Waals surface area contributed by atoms with Crippen LogP contribution in [0.1, 0.15) is 23.6 Å². The van der Waals surface area contributed by atoms with E-state index in [9.17, 15) is 18.0 Å². The summed E-state index contributed by atoms with van der Waals surface area (Å²) < 4.78 is 38.6. The number of amides is 1. The van der Waals surface area contributed by atoms with Gasteiger partial charge in [-0.3, -0.25) is 9.63 Å². The lowest BCUT2D eigenvalue weighted by molar-refractivity contribution is -0.137. The normalized spacial score (nSPS) is 13.3. The Balaban J connectivity index is 2.23. The monoisotopic (exact) mass is 364 g/mol. The third-order valence-electron chi connectivity index (χ3n) is 3.74. The van der Waals surface area contributed by atoms with Gasteiger partial charge in [-0.25, -0.2) is 5.90 Å². The van der Waals surface area contributed by atoms with Gasteiger partial charge in [-0.05, 0) is 36.3 Å². The first-order chi connectivity index (χ1) is 12.3. The van der Waals surface area contributed by atoms with E-state index in [4.69, 9.17) is 10.7 Å². The molecule has 1 atom stereocenters. The van der Waals surface area contributed by atoms with Crippen molar-refractivity contribution in [3.63, 3.8) is 0 Å². The van der Waals surface area contributed by atoms with Crippen LogP contribution in [-0.2, 0) is 22.4 Å². The molecule has 2 aromatic carbocycles. The Labute approximate surface area is 149 Å². The van der Waals surface area contributed by atoms with Crippen LogP contribution in [0.15, 0.2) is 60.2 Å². The van der Waals surface area contributed by atoms with Crippen LogP contribution >= 0.6 is 0 Å². The van der Waals surface area contributed by atoms with Crippen molar-refractivity contribution in [1.29, 1.82) is 0 Å². The first-order valence-corrected chi connectivity index (χ1v) is 7.88. The Morgan fingerprint density at radius 2 is 1.88 bits per heavy atom. The Kier molecular flexibility index (Phi) is 6.54. The lowest BCUT2D eigenvalue weighted by atomic mass is 10.0. The fourth-order valence-electron chi connectivity index (χ4n) is 2.31. The minimum Gasteiger partial charge on any atom is -0.348 e. The van der Waals surface area contributed by atoms with Gasteiger partial charge in [0.15, 0.2) is 0 Å². The Morgan fingerprint density at radius 1 is 1.19 bits per heavy atom. The van der Waals surface area contributed by atoms with E-state index in [0.29, 0.717) is 0 Å². The number of benzene rings is 2. The van der Waals surface area contributed by atoms with Gasteiger partial charge < -0.3 is 5.32 Å². The van der Waals surface area contributed by atoms with Crippen LogP contribution in [0.2, 0.25) is 0 Å². The molecule has 1 unspecified atom stereocenters. The second kappa shape index (κ2) is 8.64. The molecule has 7 heteroatoms. The van der Waals surface area contributed by atoms with Gasteiger partial charge in [0.1, 0.15) is 6.10 Å². The molecule has 0 saturated heterocycles. The summed E-state index contributed by atoms with van der Waals surface area (Å²) in [6.45, 7) is 1.82. The second-order valence-electron chi connectivity index (χ2n) is 5.67. The maximum Gasteiger partial charge on any atom is 0.416 e. The molecule has 0 aliphatic carbocycles. The van der Waals surface area contributed by atoms with Crippen LogP contribution < -0.4 is 11.2 Å². The SMILES string of the molecule is CC(ON)C(=Cc1cccc(C(F)(F)F)c1)C(=O)NCc1ccccc1. The maximum atomic E-state index is 12.9. The summed E-state index contributed by atoms with van der Waals surface area (Å²) in [5, 5.41) is 2.71. The summed E-state index contributed by atoms with van der Waals surface area (Å²) in [6, 6.07) is 13.9. The number of carbonyl (C=O) groups excluding carboxylic acids is 1. The molecule has 138 valence electrons. The highest BCUT2D eigenvalue weighted by atomic mass is 19.4. The number of hydrogen-bond donors (Lipinski definition) is 2. The Bertz CT molecular complexity index is 774. The molecule has 0 saturated carbocycles. The van der Waals surface area contributed by atoms with Crippen LogP contribution in [0.3, 0.4) is 0 Å². The molecule has 0 aliphatic rings. The van der Waals surface area contributed by atoms with Gasteiger partial charge in [-0.15, -0.1) is 0 Å². The van der Waals surface area contributed by atoms with Crippen LogP contribution in [0.4, 0.5) is 13.2 Å². The molecule has 0 radical (unpaired) electrons. The molecule has 0 aromatic heterocycles. The van der Waals surface area contributed by atoms with Crippen LogP contribution in [0, 0.1) is 0 Å². The van der Waals surface area contributed by atoms with E-state index in [2.05, 4.69) is 5.32 Å². The highest BCUT2D eigenvalue weighted by Crippen LogP contribution is 2.30. The minimum absolute atomic E-state index is 0.128. The molecule has 1 amide bonds.